The van der Waals surface area contributed by atoms with E-state index in [1.54, 1.807) is 38.1 Å². The Kier molecular flexibility index (Phi) is 3.75. The Bertz CT molecular complexity index is 907. The first-order chi connectivity index (χ1) is 12.5. The van der Waals surface area contributed by atoms with Crippen molar-refractivity contribution in [3.8, 4) is 5.75 Å². The van der Waals surface area contributed by atoms with Crippen LogP contribution in [0.2, 0.25) is 0 Å². The lowest BCUT2D eigenvalue weighted by Crippen LogP contribution is -2.53. The molecule has 4 rings (SSSR count). The van der Waals surface area contributed by atoms with Crippen molar-refractivity contribution in [1.29, 1.82) is 0 Å². The van der Waals surface area contributed by atoms with Crippen molar-refractivity contribution >= 4 is 11.9 Å². The van der Waals surface area contributed by atoms with Gasteiger partial charge in [-0.15, -0.1) is 0 Å². The first-order valence-electron chi connectivity index (χ1n) is 8.75. The van der Waals surface area contributed by atoms with E-state index < -0.39 is 5.41 Å². The van der Waals surface area contributed by atoms with Crippen LogP contribution in [-0.2, 0) is 21.4 Å². The highest BCUT2D eigenvalue weighted by molar-refractivity contribution is 6.03. The molecule has 0 bridgehead atoms. The summed E-state index contributed by atoms with van der Waals surface area (Å²) in [6.45, 7) is 2.10. The second-order valence-corrected chi connectivity index (χ2v) is 6.80. The lowest BCUT2D eigenvalue weighted by Gasteiger charge is -2.44. The molecular weight excluding hydrogens is 330 g/mol. The quantitative estimate of drug-likeness (QED) is 0.798. The van der Waals surface area contributed by atoms with E-state index >= 15 is 0 Å². The summed E-state index contributed by atoms with van der Waals surface area (Å²) in [5.74, 6) is 0.200. The minimum atomic E-state index is -0.927. The smallest absolute Gasteiger partial charge is 0.319 e. The molecule has 0 unspecified atom stereocenters. The highest BCUT2D eigenvalue weighted by Crippen LogP contribution is 2.55. The molecule has 2 aromatic rings. The van der Waals surface area contributed by atoms with Crippen molar-refractivity contribution in [2.75, 3.05) is 20.8 Å². The normalized spacial score (nSPS) is 23.1. The number of methoxy groups -OCH3 is 1. The fourth-order valence-corrected chi connectivity index (χ4v) is 4.48. The second kappa shape index (κ2) is 5.87. The molecule has 0 aromatic heterocycles. The van der Waals surface area contributed by atoms with Crippen molar-refractivity contribution in [3.63, 3.8) is 0 Å². The Morgan fingerprint density at radius 1 is 1.27 bits per heavy atom. The van der Waals surface area contributed by atoms with Crippen LogP contribution in [0.3, 0.4) is 0 Å². The summed E-state index contributed by atoms with van der Waals surface area (Å²) in [4.78, 5) is 28.0. The Hall–Kier alpha value is -2.82. The molecule has 1 aliphatic carbocycles. The van der Waals surface area contributed by atoms with Gasteiger partial charge in [-0.05, 0) is 42.2 Å². The molecule has 2 aromatic carbocycles. The minimum absolute atomic E-state index is 0.111. The van der Waals surface area contributed by atoms with E-state index in [0.717, 1.165) is 16.7 Å². The Morgan fingerprint density at radius 3 is 2.77 bits per heavy atom. The molecule has 0 saturated heterocycles. The molecule has 1 aliphatic heterocycles. The van der Waals surface area contributed by atoms with Crippen molar-refractivity contribution in [3.05, 3.63) is 64.7 Å². The highest BCUT2D eigenvalue weighted by Gasteiger charge is 2.60. The molecule has 134 valence electrons. The molecule has 0 spiro atoms. The monoisotopic (exact) mass is 351 g/mol. The summed E-state index contributed by atoms with van der Waals surface area (Å²) in [7, 11) is 3.32. The largest absolute Gasteiger partial charge is 0.497 e. The van der Waals surface area contributed by atoms with Crippen LogP contribution in [0, 0.1) is 0 Å². The first-order valence-corrected chi connectivity index (χ1v) is 8.75. The fraction of sp³-hybridized carbons (Fsp3) is 0.333. The van der Waals surface area contributed by atoms with E-state index in [-0.39, 0.29) is 17.9 Å². The summed E-state index contributed by atoms with van der Waals surface area (Å²) < 4.78 is 10.8. The molecule has 1 amide bonds. The Balaban J connectivity index is 2.01. The molecule has 1 heterocycles. The van der Waals surface area contributed by atoms with Gasteiger partial charge in [-0.2, -0.15) is 0 Å². The molecule has 5 nitrogen and oxygen atoms in total. The van der Waals surface area contributed by atoms with Gasteiger partial charge in [-0.25, -0.2) is 0 Å². The third-order valence-corrected chi connectivity index (χ3v) is 5.57. The van der Waals surface area contributed by atoms with Crippen LogP contribution < -0.4 is 4.74 Å². The van der Waals surface area contributed by atoms with Gasteiger partial charge in [0.1, 0.15) is 11.2 Å². The lowest BCUT2D eigenvalue weighted by atomic mass is 9.69. The van der Waals surface area contributed by atoms with E-state index in [0.29, 0.717) is 24.3 Å². The average Bonchev–Trinajstić information content (AvgIpc) is 3.02. The van der Waals surface area contributed by atoms with Crippen molar-refractivity contribution in [1.82, 2.24) is 4.90 Å². The lowest BCUT2D eigenvalue weighted by molar-refractivity contribution is -0.152. The van der Waals surface area contributed by atoms with Crippen molar-refractivity contribution in [2.24, 2.45) is 0 Å². The number of likely N-dealkylation sites (N-methyl/N-ethyl adjacent to an activating group) is 1. The molecule has 0 saturated carbocycles. The van der Waals surface area contributed by atoms with E-state index in [4.69, 9.17) is 9.47 Å². The standard InChI is InChI=1S/C21H21NO4/c1-4-26-20(24)21-12-13-7-5-6-8-15(13)18(21)22(2)19(23)16-11-14(25-3)9-10-17(16)21/h5-11,18H,4,12H2,1-3H3/t18-,21+/m1/s1. The number of amides is 1. The number of esters is 1. The van der Waals surface area contributed by atoms with Crippen LogP contribution >= 0.6 is 0 Å². The van der Waals surface area contributed by atoms with Gasteiger partial charge in [0.15, 0.2) is 0 Å². The highest BCUT2D eigenvalue weighted by atomic mass is 16.5. The van der Waals surface area contributed by atoms with Gasteiger partial charge >= 0.3 is 5.97 Å². The molecule has 0 radical (unpaired) electrons. The number of nitrogens with zero attached hydrogens (tertiary/aromatic N) is 1. The van der Waals surface area contributed by atoms with Crippen LogP contribution in [0.15, 0.2) is 42.5 Å². The topological polar surface area (TPSA) is 55.8 Å². The molecule has 2 aliphatic rings. The van der Waals surface area contributed by atoms with E-state index in [9.17, 15) is 9.59 Å². The summed E-state index contributed by atoms with van der Waals surface area (Å²) in [6.07, 6.45) is 0.517. The number of carbonyl (C=O) groups is 2. The third-order valence-electron chi connectivity index (χ3n) is 5.57. The summed E-state index contributed by atoms with van der Waals surface area (Å²) >= 11 is 0. The van der Waals surface area contributed by atoms with Crippen LogP contribution in [-0.4, -0.2) is 37.5 Å². The van der Waals surface area contributed by atoms with Crippen LogP contribution in [0.1, 0.15) is 40.0 Å². The third kappa shape index (κ3) is 2.03. The van der Waals surface area contributed by atoms with Gasteiger partial charge in [0, 0.05) is 12.6 Å². The van der Waals surface area contributed by atoms with E-state index in [1.807, 2.05) is 30.3 Å². The van der Waals surface area contributed by atoms with E-state index in [2.05, 4.69) is 0 Å². The molecule has 0 fully saturated rings. The number of benzene rings is 2. The number of ether oxygens (including phenoxy) is 2. The number of fused-ring (bicyclic) bond motifs is 5. The zero-order valence-corrected chi connectivity index (χ0v) is 15.1. The van der Waals surface area contributed by atoms with Crippen LogP contribution in [0.5, 0.6) is 5.75 Å². The maximum absolute atomic E-state index is 13.2. The van der Waals surface area contributed by atoms with Gasteiger partial charge in [-0.1, -0.05) is 30.3 Å². The van der Waals surface area contributed by atoms with Gasteiger partial charge in [-0.3, -0.25) is 9.59 Å². The van der Waals surface area contributed by atoms with Crippen LogP contribution in [0.4, 0.5) is 0 Å². The van der Waals surface area contributed by atoms with Gasteiger partial charge in [0.05, 0.1) is 19.8 Å². The van der Waals surface area contributed by atoms with E-state index in [1.165, 1.54) is 0 Å². The van der Waals surface area contributed by atoms with Gasteiger partial charge in [0.2, 0.25) is 0 Å². The number of carbonyl (C=O) groups excluding carboxylic acids is 2. The maximum atomic E-state index is 13.2. The predicted octanol–water partition coefficient (Wildman–Crippen LogP) is 2.88. The molecule has 26 heavy (non-hydrogen) atoms. The number of rotatable bonds is 3. The van der Waals surface area contributed by atoms with Gasteiger partial charge < -0.3 is 14.4 Å². The Labute approximate surface area is 152 Å². The molecule has 5 heteroatoms. The van der Waals surface area contributed by atoms with Crippen LogP contribution in [0.25, 0.3) is 0 Å². The summed E-state index contributed by atoms with van der Waals surface area (Å²) in [6, 6.07) is 12.9. The Morgan fingerprint density at radius 2 is 2.04 bits per heavy atom. The SMILES string of the molecule is CCOC(=O)[C@]12Cc3ccccc3[C@H]1N(C)C(=O)c1cc(OC)ccc12. The zero-order valence-electron chi connectivity index (χ0n) is 15.1. The predicted molar refractivity (Wildman–Crippen MR) is 96.3 cm³/mol. The average molecular weight is 351 g/mol. The molecule has 0 N–H and O–H groups in total. The number of hydrogen-bond acceptors (Lipinski definition) is 4. The van der Waals surface area contributed by atoms with Crippen molar-refractivity contribution in [2.45, 2.75) is 24.8 Å². The minimum Gasteiger partial charge on any atom is -0.497 e. The molecule has 2 atom stereocenters. The first kappa shape index (κ1) is 16.6. The maximum Gasteiger partial charge on any atom is 0.319 e. The number of hydrogen-bond donors (Lipinski definition) is 0. The second-order valence-electron chi connectivity index (χ2n) is 6.80. The summed E-state index contributed by atoms with van der Waals surface area (Å²) in [5.41, 5.74) is 2.39. The fourth-order valence-electron chi connectivity index (χ4n) is 4.48. The van der Waals surface area contributed by atoms with Gasteiger partial charge in [0.25, 0.3) is 5.91 Å². The van der Waals surface area contributed by atoms with Crippen molar-refractivity contribution < 1.29 is 19.1 Å². The summed E-state index contributed by atoms with van der Waals surface area (Å²) in [5, 5.41) is 0. The zero-order chi connectivity index (χ0) is 18.5. The molecular formula is C21H21NO4.